The van der Waals surface area contributed by atoms with Crippen molar-refractivity contribution in [3.05, 3.63) is 58.9 Å². The van der Waals surface area contributed by atoms with Crippen LogP contribution < -0.4 is 10.1 Å². The molecule has 1 aliphatic heterocycles. The van der Waals surface area contributed by atoms with Crippen molar-refractivity contribution >= 4 is 17.7 Å². The number of hydrogen-bond acceptors (Lipinski definition) is 4. The van der Waals surface area contributed by atoms with Crippen molar-refractivity contribution in [2.75, 3.05) is 26.5 Å². The van der Waals surface area contributed by atoms with E-state index in [4.69, 9.17) is 4.74 Å². The maximum absolute atomic E-state index is 13.7. The summed E-state index contributed by atoms with van der Waals surface area (Å²) in [5, 5.41) is 3.12. The van der Waals surface area contributed by atoms with Crippen molar-refractivity contribution in [2.45, 2.75) is 54.8 Å². The van der Waals surface area contributed by atoms with Crippen molar-refractivity contribution in [2.24, 2.45) is 0 Å². The van der Waals surface area contributed by atoms with Crippen LogP contribution in [0.5, 0.6) is 5.75 Å². The quantitative estimate of drug-likeness (QED) is 0.374. The van der Waals surface area contributed by atoms with Gasteiger partial charge in [-0.05, 0) is 81.3 Å². The number of alkyl halides is 3. The summed E-state index contributed by atoms with van der Waals surface area (Å²) in [4.78, 5) is 16.2. The molecule has 1 aliphatic carbocycles. The van der Waals surface area contributed by atoms with Gasteiger partial charge in [-0.25, -0.2) is 4.39 Å². The third-order valence-corrected chi connectivity index (χ3v) is 7.79. The summed E-state index contributed by atoms with van der Waals surface area (Å²) in [5.41, 5.74) is -0.320. The minimum Gasteiger partial charge on any atom is -0.496 e. The van der Waals surface area contributed by atoms with E-state index in [1.54, 1.807) is 18.4 Å². The van der Waals surface area contributed by atoms with Crippen LogP contribution in [-0.4, -0.2) is 42.8 Å². The Labute approximate surface area is 201 Å². The molecule has 1 saturated heterocycles. The molecule has 0 spiro atoms. The first-order valence-electron chi connectivity index (χ1n) is 11.3. The Bertz CT molecular complexity index is 1010. The minimum atomic E-state index is -4.56. The van der Waals surface area contributed by atoms with Crippen LogP contribution in [0.4, 0.5) is 17.6 Å². The summed E-state index contributed by atoms with van der Waals surface area (Å²) in [6.45, 7) is 1.85. The molecule has 1 unspecified atom stereocenters. The Hall–Kier alpha value is -2.26. The zero-order valence-electron chi connectivity index (χ0n) is 19.2. The topological polar surface area (TPSA) is 41.6 Å². The van der Waals surface area contributed by atoms with Gasteiger partial charge in [0, 0.05) is 10.4 Å². The molecule has 1 heterocycles. The highest BCUT2D eigenvalue weighted by Gasteiger charge is 2.50. The molecule has 4 nitrogen and oxygen atoms in total. The monoisotopic (exact) mass is 496 g/mol. The molecule has 1 atom stereocenters. The minimum absolute atomic E-state index is 0.0750. The Morgan fingerprint density at radius 3 is 2.26 bits per heavy atom. The van der Waals surface area contributed by atoms with Crippen LogP contribution in [0, 0.1) is 5.82 Å². The molecule has 4 rings (SSSR count). The van der Waals surface area contributed by atoms with Crippen molar-refractivity contribution < 1.29 is 27.1 Å². The molecule has 9 heteroatoms. The number of nitrogens with zero attached hydrogens (tertiary/aromatic N) is 1. The van der Waals surface area contributed by atoms with Gasteiger partial charge in [0.25, 0.3) is 5.91 Å². The van der Waals surface area contributed by atoms with E-state index in [-0.39, 0.29) is 27.6 Å². The van der Waals surface area contributed by atoms with Crippen LogP contribution in [0.15, 0.2) is 41.3 Å². The lowest BCUT2D eigenvalue weighted by Gasteiger charge is -2.54. The number of benzene rings is 2. The van der Waals surface area contributed by atoms with Gasteiger partial charge in [-0.1, -0.05) is 12.1 Å². The van der Waals surface area contributed by atoms with Crippen LogP contribution in [0.1, 0.15) is 59.6 Å². The average Bonchev–Trinajstić information content (AvgIpc) is 3.31. The summed E-state index contributed by atoms with van der Waals surface area (Å²) in [6.07, 6.45) is 2.01. The normalized spacial score (nSPS) is 18.9. The molecule has 184 valence electrons. The second-order valence-electron chi connectivity index (χ2n) is 8.86. The van der Waals surface area contributed by atoms with Crippen molar-refractivity contribution in [1.29, 1.82) is 0 Å². The largest absolute Gasteiger partial charge is 0.496 e. The standard InChI is InChI=1S/C25H28F4N2O2S/c1-33-19-14-17(25(27,28)29)15-20(34-2)21(19)23(32)30-22(16-6-8-18(26)9-7-16)24(10-5-11-24)31-12-3-4-13-31/h6-9,14-15,22H,3-5,10-13H2,1-2H3,(H,30,32). The molecule has 1 N–H and O–H groups in total. The number of hydrogen-bond donors (Lipinski definition) is 1. The molecule has 2 aliphatic rings. The summed E-state index contributed by atoms with van der Waals surface area (Å²) in [7, 11) is 1.26. The average molecular weight is 497 g/mol. The van der Waals surface area contributed by atoms with Crippen LogP contribution in [0.3, 0.4) is 0 Å². The lowest BCUT2D eigenvalue weighted by molar-refractivity contribution is -0.137. The summed E-state index contributed by atoms with van der Waals surface area (Å²) in [6, 6.07) is 7.50. The summed E-state index contributed by atoms with van der Waals surface area (Å²) >= 11 is 1.06. The molecular weight excluding hydrogens is 468 g/mol. The number of rotatable bonds is 7. The third kappa shape index (κ3) is 4.64. The highest BCUT2D eigenvalue weighted by Crippen LogP contribution is 2.48. The van der Waals surface area contributed by atoms with Gasteiger partial charge in [0.15, 0.2) is 0 Å². The lowest BCUT2D eigenvalue weighted by atomic mass is 9.68. The molecule has 0 bridgehead atoms. The third-order valence-electron chi connectivity index (χ3n) is 7.03. The van der Waals surface area contributed by atoms with E-state index >= 15 is 0 Å². The van der Waals surface area contributed by atoms with Crippen molar-refractivity contribution in [3.63, 3.8) is 0 Å². The molecule has 1 amide bonds. The smallest absolute Gasteiger partial charge is 0.416 e. The van der Waals surface area contributed by atoms with Gasteiger partial charge in [0.1, 0.15) is 11.6 Å². The van der Waals surface area contributed by atoms with Gasteiger partial charge in [-0.2, -0.15) is 13.2 Å². The first kappa shape index (κ1) is 24.9. The maximum Gasteiger partial charge on any atom is 0.416 e. The number of likely N-dealkylation sites (tertiary alicyclic amines) is 1. The van der Waals surface area contributed by atoms with Crippen LogP contribution >= 0.6 is 11.8 Å². The van der Waals surface area contributed by atoms with E-state index in [0.29, 0.717) is 0 Å². The Balaban J connectivity index is 1.75. The fraction of sp³-hybridized carbons (Fsp3) is 0.480. The Morgan fingerprint density at radius 2 is 1.76 bits per heavy atom. The Kier molecular flexibility index (Phi) is 7.14. The van der Waals surface area contributed by atoms with Crippen molar-refractivity contribution in [1.82, 2.24) is 10.2 Å². The first-order valence-corrected chi connectivity index (χ1v) is 12.6. The van der Waals surface area contributed by atoms with Gasteiger partial charge in [-0.3, -0.25) is 9.69 Å². The fourth-order valence-electron chi connectivity index (χ4n) is 5.17. The van der Waals surface area contributed by atoms with Gasteiger partial charge in [0.2, 0.25) is 0 Å². The number of thioether (sulfide) groups is 1. The fourth-order valence-corrected chi connectivity index (χ4v) is 5.82. The number of carbonyl (C=O) groups excluding carboxylic acids is 1. The number of nitrogens with one attached hydrogen (secondary N) is 1. The summed E-state index contributed by atoms with van der Waals surface area (Å²) < 4.78 is 59.1. The maximum atomic E-state index is 13.7. The van der Waals surface area contributed by atoms with E-state index in [0.717, 1.165) is 74.7 Å². The molecule has 2 aromatic rings. The molecule has 0 aromatic heterocycles. The van der Waals surface area contributed by atoms with E-state index in [2.05, 4.69) is 10.2 Å². The molecule has 2 aromatic carbocycles. The predicted molar refractivity (Wildman–Crippen MR) is 124 cm³/mol. The number of methoxy groups -OCH3 is 1. The first-order chi connectivity index (χ1) is 16.2. The number of ether oxygens (including phenoxy) is 1. The zero-order chi connectivity index (χ0) is 24.5. The predicted octanol–water partition coefficient (Wildman–Crippen LogP) is 6.06. The number of carbonyl (C=O) groups is 1. The molecular formula is C25H28F4N2O2S. The van der Waals surface area contributed by atoms with Crippen LogP contribution in [0.2, 0.25) is 0 Å². The lowest BCUT2D eigenvalue weighted by Crippen LogP contribution is -2.60. The van der Waals surface area contributed by atoms with E-state index in [9.17, 15) is 22.4 Å². The van der Waals surface area contributed by atoms with Gasteiger partial charge >= 0.3 is 6.18 Å². The zero-order valence-corrected chi connectivity index (χ0v) is 20.0. The summed E-state index contributed by atoms with van der Waals surface area (Å²) in [5.74, 6) is -1.00. The van der Waals surface area contributed by atoms with E-state index in [1.807, 2.05) is 0 Å². The van der Waals surface area contributed by atoms with Crippen LogP contribution in [-0.2, 0) is 6.18 Å². The number of amides is 1. The van der Waals surface area contributed by atoms with E-state index < -0.39 is 23.7 Å². The molecule has 0 radical (unpaired) electrons. The van der Waals surface area contributed by atoms with E-state index in [1.165, 1.54) is 19.2 Å². The van der Waals surface area contributed by atoms with Gasteiger partial charge < -0.3 is 10.1 Å². The second kappa shape index (κ2) is 9.77. The highest BCUT2D eigenvalue weighted by molar-refractivity contribution is 7.98. The SMILES string of the molecule is COc1cc(C(F)(F)F)cc(SC)c1C(=O)NC(c1ccc(F)cc1)C1(N2CCCC2)CCC1. The molecule has 1 saturated carbocycles. The van der Waals surface area contributed by atoms with Crippen LogP contribution in [0.25, 0.3) is 0 Å². The Morgan fingerprint density at radius 1 is 1.12 bits per heavy atom. The van der Waals surface area contributed by atoms with Crippen molar-refractivity contribution in [3.8, 4) is 5.75 Å². The molecule has 34 heavy (non-hydrogen) atoms. The highest BCUT2D eigenvalue weighted by atomic mass is 32.2. The van der Waals surface area contributed by atoms with Gasteiger partial charge in [-0.15, -0.1) is 11.8 Å². The molecule has 2 fully saturated rings. The number of halogens is 4. The van der Waals surface area contributed by atoms with Gasteiger partial charge in [0.05, 0.1) is 24.3 Å². The second-order valence-corrected chi connectivity index (χ2v) is 9.71.